The Hall–Kier alpha value is -2.04. The molecule has 1 N–H and O–H groups in total. The van der Waals surface area contributed by atoms with Gasteiger partial charge in [0.05, 0.1) is 0 Å². The van der Waals surface area contributed by atoms with Crippen molar-refractivity contribution in [2.75, 3.05) is 0 Å². The molecule has 0 aromatic carbocycles. The van der Waals surface area contributed by atoms with Gasteiger partial charge in [0.1, 0.15) is 6.10 Å². The van der Waals surface area contributed by atoms with E-state index >= 15 is 0 Å². The molecule has 0 radical (unpaired) electrons. The summed E-state index contributed by atoms with van der Waals surface area (Å²) in [5, 5.41) is 10.0. The molecule has 4 heteroatoms. The molecular weight excluding hydrogens is 292 g/mol. The number of aliphatic hydroxyl groups is 1. The summed E-state index contributed by atoms with van der Waals surface area (Å²) < 4.78 is 4.97. The van der Waals surface area contributed by atoms with E-state index in [0.29, 0.717) is 6.42 Å². The van der Waals surface area contributed by atoms with Gasteiger partial charge in [0.15, 0.2) is 6.10 Å². The van der Waals surface area contributed by atoms with Crippen molar-refractivity contribution in [2.45, 2.75) is 71.5 Å². The van der Waals surface area contributed by atoms with Crippen molar-refractivity contribution in [3.63, 3.8) is 0 Å². The molecule has 0 aliphatic rings. The van der Waals surface area contributed by atoms with Gasteiger partial charge in [0.2, 0.25) is 5.78 Å². The van der Waals surface area contributed by atoms with Gasteiger partial charge in [-0.25, -0.2) is 0 Å². The second-order valence-electron chi connectivity index (χ2n) is 5.09. The molecule has 0 heterocycles. The van der Waals surface area contributed by atoms with Gasteiger partial charge >= 0.3 is 5.97 Å². The molecule has 2 atom stereocenters. The van der Waals surface area contributed by atoms with Gasteiger partial charge in [0.25, 0.3) is 0 Å². The highest BCUT2D eigenvalue weighted by Crippen LogP contribution is 2.06. The van der Waals surface area contributed by atoms with Gasteiger partial charge in [-0.05, 0) is 36.5 Å². The summed E-state index contributed by atoms with van der Waals surface area (Å²) in [6.07, 6.45) is 7.24. The van der Waals surface area contributed by atoms with Crippen LogP contribution in [-0.2, 0) is 14.3 Å². The van der Waals surface area contributed by atoms with Crippen LogP contribution in [-0.4, -0.2) is 29.1 Å². The third-order valence-corrected chi connectivity index (χ3v) is 2.96. The van der Waals surface area contributed by atoms with Gasteiger partial charge in [0, 0.05) is 13.3 Å². The van der Waals surface area contributed by atoms with E-state index in [1.54, 1.807) is 13.0 Å². The first-order valence-corrected chi connectivity index (χ1v) is 8.07. The lowest BCUT2D eigenvalue weighted by Gasteiger charge is -2.14. The third kappa shape index (κ3) is 12.2. The number of hydrogen-bond acceptors (Lipinski definition) is 4. The van der Waals surface area contributed by atoms with Crippen LogP contribution in [0, 0.1) is 23.7 Å². The number of allylic oxidation sites excluding steroid dienone is 1. The molecule has 0 aromatic rings. The summed E-state index contributed by atoms with van der Waals surface area (Å²) in [4.78, 5) is 22.1. The number of ether oxygens (including phenoxy) is 1. The Balaban J connectivity index is 4.60. The van der Waals surface area contributed by atoms with E-state index in [0.717, 1.165) is 19.3 Å². The van der Waals surface area contributed by atoms with E-state index in [4.69, 9.17) is 4.74 Å². The number of hydrogen-bond donors (Lipinski definition) is 1. The van der Waals surface area contributed by atoms with Crippen molar-refractivity contribution in [1.29, 1.82) is 0 Å². The molecule has 0 bridgehead atoms. The number of ketones is 1. The molecule has 2 unspecified atom stereocenters. The standard InChI is InChI=1S/C19H26O4/c1-4-6-7-8-9-10-14-18(22)19(23-16(3)20)15-12-11-13-17(21)5-2/h10,14,18-19,22H,4-9H2,1-3H3/b14-10+. The SMILES string of the molecule is CCCCCC/C=C/C(O)C(C#CC#CC(=O)CC)OC(C)=O. The highest BCUT2D eigenvalue weighted by Gasteiger charge is 2.16. The molecule has 23 heavy (non-hydrogen) atoms. The zero-order valence-corrected chi connectivity index (χ0v) is 14.2. The third-order valence-electron chi connectivity index (χ3n) is 2.96. The number of rotatable bonds is 9. The lowest BCUT2D eigenvalue weighted by molar-refractivity contribution is -0.146. The molecule has 0 aliphatic heterocycles. The van der Waals surface area contributed by atoms with Crippen LogP contribution in [0.1, 0.15) is 59.3 Å². The van der Waals surface area contributed by atoms with Crippen LogP contribution >= 0.6 is 0 Å². The lowest BCUT2D eigenvalue weighted by atomic mass is 10.1. The number of esters is 1. The smallest absolute Gasteiger partial charge is 0.303 e. The monoisotopic (exact) mass is 318 g/mol. The molecule has 0 saturated heterocycles. The summed E-state index contributed by atoms with van der Waals surface area (Å²) in [5.74, 6) is 9.03. The molecule has 0 aromatic heterocycles. The maximum Gasteiger partial charge on any atom is 0.303 e. The van der Waals surface area contributed by atoms with Crippen LogP contribution < -0.4 is 0 Å². The zero-order valence-electron chi connectivity index (χ0n) is 14.2. The van der Waals surface area contributed by atoms with E-state index in [2.05, 4.69) is 30.6 Å². The second-order valence-corrected chi connectivity index (χ2v) is 5.09. The Morgan fingerprint density at radius 3 is 2.52 bits per heavy atom. The minimum atomic E-state index is -1.01. The normalized spacial score (nSPS) is 12.5. The Bertz CT molecular complexity index is 511. The molecule has 0 rings (SSSR count). The first-order chi connectivity index (χ1) is 11.0. The molecular formula is C19H26O4. The summed E-state index contributed by atoms with van der Waals surface area (Å²) in [6, 6.07) is 0. The van der Waals surface area contributed by atoms with Crippen LogP contribution in [0.15, 0.2) is 12.2 Å². The van der Waals surface area contributed by atoms with Crippen LogP contribution in [0.4, 0.5) is 0 Å². The van der Waals surface area contributed by atoms with Crippen LogP contribution in [0.25, 0.3) is 0 Å². The number of carbonyl (C=O) groups is 2. The molecule has 0 saturated carbocycles. The Kier molecular flexibility index (Phi) is 12.4. The fourth-order valence-electron chi connectivity index (χ4n) is 1.69. The fraction of sp³-hybridized carbons (Fsp3) is 0.579. The number of unbranched alkanes of at least 4 members (excludes halogenated alkanes) is 4. The zero-order chi connectivity index (χ0) is 17.5. The predicted molar refractivity (Wildman–Crippen MR) is 90.3 cm³/mol. The summed E-state index contributed by atoms with van der Waals surface area (Å²) >= 11 is 0. The second kappa shape index (κ2) is 13.6. The predicted octanol–water partition coefficient (Wildman–Crippen LogP) is 2.79. The average molecular weight is 318 g/mol. The number of Topliss-reactive ketones (excluding diaryl/α,β-unsaturated/α-hetero) is 1. The van der Waals surface area contributed by atoms with E-state index in [1.807, 2.05) is 6.08 Å². The average Bonchev–Trinajstić information content (AvgIpc) is 2.52. The maximum absolute atomic E-state index is 11.1. The first kappa shape index (κ1) is 21.0. The van der Waals surface area contributed by atoms with Crippen LogP contribution in [0.2, 0.25) is 0 Å². The van der Waals surface area contributed by atoms with Crippen molar-refractivity contribution < 1.29 is 19.4 Å². The summed E-state index contributed by atoms with van der Waals surface area (Å²) in [7, 11) is 0. The Morgan fingerprint density at radius 2 is 1.91 bits per heavy atom. The quantitative estimate of drug-likeness (QED) is 0.233. The number of aliphatic hydroxyl groups excluding tert-OH is 1. The van der Waals surface area contributed by atoms with Crippen molar-refractivity contribution in [3.8, 4) is 23.7 Å². The summed E-state index contributed by atoms with van der Waals surface area (Å²) in [5.41, 5.74) is 0. The van der Waals surface area contributed by atoms with E-state index in [9.17, 15) is 14.7 Å². The molecule has 126 valence electrons. The van der Waals surface area contributed by atoms with Gasteiger partial charge in [-0.3, -0.25) is 9.59 Å². The van der Waals surface area contributed by atoms with Crippen LogP contribution in [0.5, 0.6) is 0 Å². The minimum absolute atomic E-state index is 0.212. The fourth-order valence-corrected chi connectivity index (χ4v) is 1.69. The van der Waals surface area contributed by atoms with E-state index in [-0.39, 0.29) is 5.78 Å². The van der Waals surface area contributed by atoms with Crippen molar-refractivity contribution in [2.24, 2.45) is 0 Å². The van der Waals surface area contributed by atoms with Crippen molar-refractivity contribution in [1.82, 2.24) is 0 Å². The van der Waals surface area contributed by atoms with E-state index in [1.165, 1.54) is 19.8 Å². The topological polar surface area (TPSA) is 63.6 Å². The van der Waals surface area contributed by atoms with Gasteiger partial charge in [-0.2, -0.15) is 0 Å². The van der Waals surface area contributed by atoms with Crippen molar-refractivity contribution in [3.05, 3.63) is 12.2 Å². The highest BCUT2D eigenvalue weighted by molar-refractivity contribution is 5.95. The molecule has 0 spiro atoms. The van der Waals surface area contributed by atoms with Gasteiger partial charge in [-0.1, -0.05) is 45.3 Å². The van der Waals surface area contributed by atoms with Gasteiger partial charge < -0.3 is 9.84 Å². The molecule has 4 nitrogen and oxygen atoms in total. The lowest BCUT2D eigenvalue weighted by Crippen LogP contribution is -2.27. The highest BCUT2D eigenvalue weighted by atomic mass is 16.6. The van der Waals surface area contributed by atoms with Crippen molar-refractivity contribution >= 4 is 11.8 Å². The van der Waals surface area contributed by atoms with E-state index < -0.39 is 18.2 Å². The summed E-state index contributed by atoms with van der Waals surface area (Å²) in [6.45, 7) is 5.11. The Labute approximate surface area is 139 Å². The first-order valence-electron chi connectivity index (χ1n) is 8.07. The van der Waals surface area contributed by atoms with Gasteiger partial charge in [-0.15, -0.1) is 0 Å². The maximum atomic E-state index is 11.1. The molecule has 0 aliphatic carbocycles. The minimum Gasteiger partial charge on any atom is -0.446 e. The van der Waals surface area contributed by atoms with Crippen LogP contribution in [0.3, 0.4) is 0 Å². The Morgan fingerprint density at radius 1 is 1.17 bits per heavy atom. The number of carbonyl (C=O) groups excluding carboxylic acids is 2. The molecule has 0 fully saturated rings. The largest absolute Gasteiger partial charge is 0.446 e. The molecule has 0 amide bonds.